The molecule has 1 atom stereocenters. The molecule has 1 rings (SSSR count). The van der Waals surface area contributed by atoms with Gasteiger partial charge >= 0.3 is 0 Å². The lowest BCUT2D eigenvalue weighted by Gasteiger charge is -2.23. The summed E-state index contributed by atoms with van der Waals surface area (Å²) in [5, 5.41) is 3.69. The van der Waals surface area contributed by atoms with Crippen LogP contribution in [0.1, 0.15) is 45.9 Å². The van der Waals surface area contributed by atoms with Gasteiger partial charge in [-0.1, -0.05) is 20.8 Å². The molecule has 1 aromatic rings. The van der Waals surface area contributed by atoms with Crippen LogP contribution in [0.5, 0.6) is 0 Å². The summed E-state index contributed by atoms with van der Waals surface area (Å²) in [6.07, 6.45) is 8.57. The average molecular weight is 280 g/mol. The molecule has 0 aliphatic heterocycles. The fourth-order valence-electron chi connectivity index (χ4n) is 2.52. The van der Waals surface area contributed by atoms with E-state index in [-0.39, 0.29) is 0 Å². The fourth-order valence-corrected chi connectivity index (χ4v) is 2.52. The van der Waals surface area contributed by atoms with Crippen molar-refractivity contribution < 1.29 is 0 Å². The third-order valence-corrected chi connectivity index (χ3v) is 4.01. The van der Waals surface area contributed by atoms with E-state index in [0.717, 1.165) is 26.1 Å². The number of hydrogen-bond donors (Lipinski definition) is 1. The van der Waals surface area contributed by atoms with Gasteiger partial charge in [0, 0.05) is 31.9 Å². The Morgan fingerprint density at radius 1 is 1.25 bits per heavy atom. The monoisotopic (exact) mass is 280 g/mol. The molecule has 4 nitrogen and oxygen atoms in total. The quantitative estimate of drug-likeness (QED) is 0.676. The van der Waals surface area contributed by atoms with E-state index in [1.54, 1.807) is 0 Å². The Hall–Kier alpha value is -0.870. The van der Waals surface area contributed by atoms with Crippen LogP contribution in [0.2, 0.25) is 0 Å². The van der Waals surface area contributed by atoms with Gasteiger partial charge in [0.2, 0.25) is 0 Å². The lowest BCUT2D eigenvalue weighted by molar-refractivity contribution is 0.277. The van der Waals surface area contributed by atoms with Gasteiger partial charge in [0.05, 0.1) is 0 Å². The van der Waals surface area contributed by atoms with Crippen LogP contribution < -0.4 is 5.32 Å². The highest BCUT2D eigenvalue weighted by molar-refractivity contribution is 4.92. The summed E-state index contributed by atoms with van der Waals surface area (Å²) in [7, 11) is 2.08. The van der Waals surface area contributed by atoms with Gasteiger partial charge in [-0.15, -0.1) is 0 Å². The highest BCUT2D eigenvalue weighted by atomic mass is 15.1. The summed E-state index contributed by atoms with van der Waals surface area (Å²) >= 11 is 0. The van der Waals surface area contributed by atoms with Crippen molar-refractivity contribution in [3.63, 3.8) is 0 Å². The van der Waals surface area contributed by atoms with Crippen molar-refractivity contribution in [2.45, 2.75) is 52.5 Å². The first-order valence-corrected chi connectivity index (χ1v) is 8.13. The molecule has 20 heavy (non-hydrogen) atoms. The van der Waals surface area contributed by atoms with Crippen LogP contribution in [0.15, 0.2) is 12.4 Å². The van der Waals surface area contributed by atoms with Crippen LogP contribution in [0, 0.1) is 0 Å². The van der Waals surface area contributed by atoms with E-state index in [9.17, 15) is 0 Å². The van der Waals surface area contributed by atoms with Crippen molar-refractivity contribution in [1.29, 1.82) is 0 Å². The first kappa shape index (κ1) is 17.2. The summed E-state index contributed by atoms with van der Waals surface area (Å²) in [5.74, 6) is 1.19. The van der Waals surface area contributed by atoms with Crippen LogP contribution >= 0.6 is 0 Å². The summed E-state index contributed by atoms with van der Waals surface area (Å²) < 4.78 is 2.13. The molecular formula is C16H32N4. The van der Waals surface area contributed by atoms with Crippen molar-refractivity contribution in [2.75, 3.05) is 26.2 Å². The van der Waals surface area contributed by atoms with Crippen molar-refractivity contribution in [3.8, 4) is 0 Å². The Labute approximate surface area is 124 Å². The van der Waals surface area contributed by atoms with Gasteiger partial charge in [-0.05, 0) is 45.4 Å². The van der Waals surface area contributed by atoms with E-state index in [1.165, 1.54) is 31.6 Å². The van der Waals surface area contributed by atoms with Crippen molar-refractivity contribution in [3.05, 3.63) is 18.2 Å². The molecule has 4 heteroatoms. The first-order chi connectivity index (χ1) is 9.71. The third-order valence-electron chi connectivity index (χ3n) is 4.01. The molecule has 0 spiro atoms. The van der Waals surface area contributed by atoms with E-state index in [2.05, 4.69) is 47.6 Å². The normalized spacial score (nSPS) is 13.1. The zero-order valence-electron chi connectivity index (χ0n) is 13.7. The molecule has 0 saturated heterocycles. The van der Waals surface area contributed by atoms with Crippen LogP contribution in [-0.4, -0.2) is 46.7 Å². The van der Waals surface area contributed by atoms with Gasteiger partial charge in [-0.25, -0.2) is 4.98 Å². The van der Waals surface area contributed by atoms with E-state index < -0.39 is 0 Å². The highest BCUT2D eigenvalue weighted by Crippen LogP contribution is 2.07. The molecule has 0 saturated carbocycles. The first-order valence-electron chi connectivity index (χ1n) is 8.13. The second-order valence-corrected chi connectivity index (χ2v) is 5.46. The van der Waals surface area contributed by atoms with Gasteiger partial charge in [-0.2, -0.15) is 0 Å². The number of aryl methyl sites for hydroxylation is 2. The zero-order chi connectivity index (χ0) is 14.8. The minimum Gasteiger partial charge on any atom is -0.338 e. The molecule has 0 radical (unpaired) electrons. The summed E-state index contributed by atoms with van der Waals surface area (Å²) in [4.78, 5) is 6.92. The molecule has 1 aromatic heterocycles. The lowest BCUT2D eigenvalue weighted by atomic mass is 10.1. The Kier molecular flexibility index (Phi) is 8.54. The molecule has 116 valence electrons. The minimum absolute atomic E-state index is 0.604. The molecule has 0 amide bonds. The molecule has 0 aliphatic rings. The smallest absolute Gasteiger partial charge is 0.108 e. The number of aromatic nitrogens is 2. The van der Waals surface area contributed by atoms with Gasteiger partial charge in [-0.3, -0.25) is 0 Å². The lowest BCUT2D eigenvalue weighted by Crippen LogP contribution is -2.35. The second kappa shape index (κ2) is 9.94. The molecule has 1 unspecified atom stereocenters. The number of hydrogen-bond acceptors (Lipinski definition) is 3. The van der Waals surface area contributed by atoms with Crippen LogP contribution in [0.4, 0.5) is 0 Å². The molecule has 1 N–H and O–H groups in total. The molecule has 0 bridgehead atoms. The van der Waals surface area contributed by atoms with E-state index in [4.69, 9.17) is 0 Å². The van der Waals surface area contributed by atoms with Crippen LogP contribution in [0.3, 0.4) is 0 Å². The SMILES string of the molecule is CCCNC(CCc1nccn1C)CCN(CC)CC. The maximum absolute atomic E-state index is 4.42. The number of nitrogens with one attached hydrogen (secondary N) is 1. The van der Waals surface area contributed by atoms with Gasteiger partial charge < -0.3 is 14.8 Å². The predicted octanol–water partition coefficient (Wildman–Crippen LogP) is 2.45. The second-order valence-electron chi connectivity index (χ2n) is 5.46. The average Bonchev–Trinajstić information content (AvgIpc) is 2.87. The van der Waals surface area contributed by atoms with Gasteiger partial charge in [0.15, 0.2) is 0 Å². The molecule has 1 heterocycles. The summed E-state index contributed by atoms with van der Waals surface area (Å²) in [6, 6.07) is 0.604. The van der Waals surface area contributed by atoms with Crippen molar-refractivity contribution in [1.82, 2.24) is 19.8 Å². The van der Waals surface area contributed by atoms with Crippen LogP contribution in [-0.2, 0) is 13.5 Å². The number of imidazole rings is 1. The van der Waals surface area contributed by atoms with Gasteiger partial charge in [0.25, 0.3) is 0 Å². The predicted molar refractivity (Wildman–Crippen MR) is 86.0 cm³/mol. The fraction of sp³-hybridized carbons (Fsp3) is 0.812. The molecular weight excluding hydrogens is 248 g/mol. The zero-order valence-corrected chi connectivity index (χ0v) is 13.7. The molecule has 0 aromatic carbocycles. The van der Waals surface area contributed by atoms with E-state index in [0.29, 0.717) is 6.04 Å². The number of nitrogens with zero attached hydrogens (tertiary/aromatic N) is 3. The Morgan fingerprint density at radius 2 is 2.00 bits per heavy atom. The summed E-state index contributed by atoms with van der Waals surface area (Å²) in [6.45, 7) is 11.3. The minimum atomic E-state index is 0.604. The highest BCUT2D eigenvalue weighted by Gasteiger charge is 2.11. The largest absolute Gasteiger partial charge is 0.338 e. The maximum Gasteiger partial charge on any atom is 0.108 e. The standard InChI is InChI=1S/C16H32N4/c1-5-11-17-15(10-13-20(6-2)7-3)8-9-16-18-12-14-19(16)4/h12,14-15,17H,5-11,13H2,1-4H3. The number of rotatable bonds is 11. The Bertz CT molecular complexity index is 344. The Morgan fingerprint density at radius 3 is 2.55 bits per heavy atom. The topological polar surface area (TPSA) is 33.1 Å². The van der Waals surface area contributed by atoms with E-state index in [1.807, 2.05) is 12.4 Å². The third kappa shape index (κ3) is 6.06. The van der Waals surface area contributed by atoms with E-state index >= 15 is 0 Å². The van der Waals surface area contributed by atoms with Gasteiger partial charge in [0.1, 0.15) is 5.82 Å². The van der Waals surface area contributed by atoms with Crippen molar-refractivity contribution in [2.24, 2.45) is 7.05 Å². The van der Waals surface area contributed by atoms with Crippen molar-refractivity contribution >= 4 is 0 Å². The molecule has 0 aliphatic carbocycles. The maximum atomic E-state index is 4.42. The summed E-state index contributed by atoms with van der Waals surface area (Å²) in [5.41, 5.74) is 0. The van der Waals surface area contributed by atoms with Crippen LogP contribution in [0.25, 0.3) is 0 Å². The Balaban J connectivity index is 2.40. The molecule has 0 fully saturated rings.